The third-order valence-electron chi connectivity index (χ3n) is 2.37. The van der Waals surface area contributed by atoms with Crippen LogP contribution in [0, 0.1) is 11.3 Å². The highest BCUT2D eigenvalue weighted by molar-refractivity contribution is 7.99. The summed E-state index contributed by atoms with van der Waals surface area (Å²) in [5.41, 5.74) is 6.37. The van der Waals surface area contributed by atoms with Crippen molar-refractivity contribution < 1.29 is 4.79 Å². The van der Waals surface area contributed by atoms with Crippen LogP contribution in [0.5, 0.6) is 0 Å². The molecular formula is C12H12N6OS. The molecule has 0 fully saturated rings. The zero-order chi connectivity index (χ0) is 14.4. The van der Waals surface area contributed by atoms with Crippen molar-refractivity contribution in [1.29, 1.82) is 5.26 Å². The van der Waals surface area contributed by atoms with Gasteiger partial charge in [0.2, 0.25) is 11.9 Å². The first-order valence-corrected chi connectivity index (χ1v) is 6.72. The van der Waals surface area contributed by atoms with Crippen molar-refractivity contribution in [3.8, 4) is 6.07 Å². The number of nitrogens with zero attached hydrogens (tertiary/aromatic N) is 4. The van der Waals surface area contributed by atoms with Gasteiger partial charge in [0.25, 0.3) is 0 Å². The molecule has 0 unspecified atom stereocenters. The number of aromatic nitrogens is 3. The van der Waals surface area contributed by atoms with Crippen LogP contribution in [0.1, 0.15) is 0 Å². The summed E-state index contributed by atoms with van der Waals surface area (Å²) >= 11 is 1.18. The lowest BCUT2D eigenvalue weighted by atomic mass is 10.3. The largest absolute Gasteiger partial charge is 0.368 e. The lowest BCUT2D eigenvalue weighted by molar-refractivity contribution is -0.116. The van der Waals surface area contributed by atoms with E-state index in [2.05, 4.69) is 15.5 Å². The number of carbonyl (C=O) groups is 1. The number of anilines is 2. The Hall–Kier alpha value is -2.53. The highest BCUT2D eigenvalue weighted by Gasteiger charge is 2.13. The predicted octanol–water partition coefficient (Wildman–Crippen LogP) is 1.11. The number of nitriles is 1. The van der Waals surface area contributed by atoms with E-state index >= 15 is 0 Å². The van der Waals surface area contributed by atoms with E-state index in [9.17, 15) is 4.79 Å². The SMILES string of the molecule is N#CCSc1nnc(N)n1CC(=O)Nc1ccccc1. The first-order chi connectivity index (χ1) is 9.70. The molecule has 3 N–H and O–H groups in total. The molecule has 2 aromatic rings. The van der Waals surface area contributed by atoms with E-state index in [1.165, 1.54) is 16.3 Å². The minimum atomic E-state index is -0.235. The van der Waals surface area contributed by atoms with E-state index in [1.54, 1.807) is 12.1 Å². The van der Waals surface area contributed by atoms with Gasteiger partial charge in [-0.05, 0) is 12.1 Å². The van der Waals surface area contributed by atoms with Crippen LogP contribution in [0.4, 0.5) is 11.6 Å². The van der Waals surface area contributed by atoms with Gasteiger partial charge in [0.15, 0.2) is 5.16 Å². The van der Waals surface area contributed by atoms with Crippen LogP contribution in [0.2, 0.25) is 0 Å². The summed E-state index contributed by atoms with van der Waals surface area (Å²) in [7, 11) is 0. The van der Waals surface area contributed by atoms with Gasteiger partial charge in [-0.25, -0.2) is 0 Å². The fourth-order valence-electron chi connectivity index (χ4n) is 1.52. The quantitative estimate of drug-likeness (QED) is 0.798. The van der Waals surface area contributed by atoms with Crippen molar-refractivity contribution in [2.24, 2.45) is 0 Å². The molecule has 2 rings (SSSR count). The maximum Gasteiger partial charge on any atom is 0.244 e. The van der Waals surface area contributed by atoms with Crippen LogP contribution in [-0.2, 0) is 11.3 Å². The van der Waals surface area contributed by atoms with Crippen LogP contribution < -0.4 is 11.1 Å². The minimum Gasteiger partial charge on any atom is -0.368 e. The maximum atomic E-state index is 11.9. The Morgan fingerprint density at radius 1 is 1.40 bits per heavy atom. The Balaban J connectivity index is 2.04. The molecule has 0 spiro atoms. The van der Waals surface area contributed by atoms with Crippen molar-refractivity contribution in [2.75, 3.05) is 16.8 Å². The predicted molar refractivity (Wildman–Crippen MR) is 75.8 cm³/mol. The smallest absolute Gasteiger partial charge is 0.244 e. The normalized spacial score (nSPS) is 9.95. The van der Waals surface area contributed by atoms with Gasteiger partial charge >= 0.3 is 0 Å². The summed E-state index contributed by atoms with van der Waals surface area (Å²) < 4.78 is 1.47. The molecule has 7 nitrogen and oxygen atoms in total. The zero-order valence-corrected chi connectivity index (χ0v) is 11.3. The number of nitrogens with two attached hydrogens (primary N) is 1. The second-order valence-electron chi connectivity index (χ2n) is 3.79. The number of hydrogen-bond donors (Lipinski definition) is 2. The Morgan fingerprint density at radius 2 is 2.15 bits per heavy atom. The third-order valence-corrected chi connectivity index (χ3v) is 3.20. The summed E-state index contributed by atoms with van der Waals surface area (Å²) in [6, 6.07) is 11.1. The van der Waals surface area contributed by atoms with Gasteiger partial charge in [-0.1, -0.05) is 30.0 Å². The van der Waals surface area contributed by atoms with Crippen LogP contribution in [0.25, 0.3) is 0 Å². The van der Waals surface area contributed by atoms with Gasteiger partial charge in [0.05, 0.1) is 11.8 Å². The minimum absolute atomic E-state index is 0.00148. The van der Waals surface area contributed by atoms with Crippen LogP contribution in [0.15, 0.2) is 35.5 Å². The standard InChI is InChI=1S/C12H12N6OS/c13-6-7-20-12-17-16-11(14)18(12)8-10(19)15-9-4-2-1-3-5-9/h1-5H,7-8H2,(H2,14,16)(H,15,19). The van der Waals surface area contributed by atoms with E-state index in [1.807, 2.05) is 24.3 Å². The number of rotatable bonds is 5. The molecule has 0 atom stereocenters. The molecule has 102 valence electrons. The average Bonchev–Trinajstić information content (AvgIpc) is 2.79. The number of thioether (sulfide) groups is 1. The van der Waals surface area contributed by atoms with Crippen LogP contribution in [-0.4, -0.2) is 26.4 Å². The molecular weight excluding hydrogens is 276 g/mol. The molecule has 20 heavy (non-hydrogen) atoms. The topological polar surface area (TPSA) is 110 Å². The molecule has 0 aliphatic heterocycles. The van der Waals surface area contributed by atoms with Crippen molar-refractivity contribution in [3.63, 3.8) is 0 Å². The fourth-order valence-corrected chi connectivity index (χ4v) is 2.12. The highest BCUT2D eigenvalue weighted by atomic mass is 32.2. The number of carbonyl (C=O) groups excluding carboxylic acids is 1. The van der Waals surface area contributed by atoms with Crippen molar-refractivity contribution >= 4 is 29.3 Å². The van der Waals surface area contributed by atoms with Gasteiger partial charge in [-0.15, -0.1) is 10.2 Å². The Kier molecular flexibility index (Phi) is 4.57. The van der Waals surface area contributed by atoms with Gasteiger partial charge in [0.1, 0.15) is 6.54 Å². The summed E-state index contributed by atoms with van der Waals surface area (Å²) in [5, 5.41) is 19.3. The second kappa shape index (κ2) is 6.58. The number of nitrogen functional groups attached to an aromatic ring is 1. The maximum absolute atomic E-state index is 11.9. The van der Waals surface area contributed by atoms with Crippen molar-refractivity contribution in [3.05, 3.63) is 30.3 Å². The number of amides is 1. The van der Waals surface area contributed by atoms with E-state index in [4.69, 9.17) is 11.0 Å². The summed E-state index contributed by atoms with van der Waals surface area (Å²) in [6.07, 6.45) is 0. The van der Waals surface area contributed by atoms with Crippen molar-refractivity contribution in [2.45, 2.75) is 11.7 Å². The molecule has 0 saturated heterocycles. The molecule has 8 heteroatoms. The first-order valence-electron chi connectivity index (χ1n) is 5.74. The Morgan fingerprint density at radius 3 is 2.85 bits per heavy atom. The van der Waals surface area contributed by atoms with Gasteiger partial charge < -0.3 is 11.1 Å². The van der Waals surface area contributed by atoms with E-state index < -0.39 is 0 Å². The lowest BCUT2D eigenvalue weighted by Crippen LogP contribution is -2.20. The summed E-state index contributed by atoms with van der Waals surface area (Å²) in [4.78, 5) is 11.9. The third kappa shape index (κ3) is 3.49. The first kappa shape index (κ1) is 13.9. The van der Waals surface area contributed by atoms with Gasteiger partial charge in [-0.2, -0.15) is 5.26 Å². The Labute approximate surface area is 119 Å². The molecule has 1 aromatic carbocycles. The number of benzene rings is 1. The van der Waals surface area contributed by atoms with Crippen LogP contribution in [0.3, 0.4) is 0 Å². The van der Waals surface area contributed by atoms with E-state index in [0.29, 0.717) is 10.8 Å². The molecule has 0 bridgehead atoms. The molecule has 1 aromatic heterocycles. The molecule has 0 aliphatic carbocycles. The van der Waals surface area contributed by atoms with Crippen molar-refractivity contribution in [1.82, 2.24) is 14.8 Å². The Bertz CT molecular complexity index is 633. The molecule has 1 heterocycles. The molecule has 1 amide bonds. The number of hydrogen-bond acceptors (Lipinski definition) is 6. The monoisotopic (exact) mass is 288 g/mol. The number of nitrogens with one attached hydrogen (secondary N) is 1. The molecule has 0 aliphatic rings. The van der Waals surface area contributed by atoms with E-state index in [0.717, 1.165) is 0 Å². The molecule has 0 saturated carbocycles. The van der Waals surface area contributed by atoms with Gasteiger partial charge in [-0.3, -0.25) is 9.36 Å². The lowest BCUT2D eigenvalue weighted by Gasteiger charge is -2.08. The zero-order valence-electron chi connectivity index (χ0n) is 10.5. The van der Waals surface area contributed by atoms with Crippen LogP contribution >= 0.6 is 11.8 Å². The van der Waals surface area contributed by atoms with Gasteiger partial charge in [0, 0.05) is 5.69 Å². The number of para-hydroxylation sites is 1. The summed E-state index contributed by atoms with van der Waals surface area (Å²) in [6.45, 7) is 0.00148. The fraction of sp³-hybridized carbons (Fsp3) is 0.167. The van der Waals surface area contributed by atoms with E-state index in [-0.39, 0.29) is 24.2 Å². The molecule has 0 radical (unpaired) electrons. The highest BCUT2D eigenvalue weighted by Crippen LogP contribution is 2.17. The average molecular weight is 288 g/mol. The second-order valence-corrected chi connectivity index (χ2v) is 4.73. The summed E-state index contributed by atoms with van der Waals surface area (Å²) in [5.74, 6) is 0.133.